The highest BCUT2D eigenvalue weighted by Crippen LogP contribution is 2.05. The highest BCUT2D eigenvalue weighted by atomic mass is 16.3. The standard InChI is InChI=1S/C15H24O3/c1-2-3-4-5-6-7-8-9-10-11-12-14(17)15(18)13-16/h8-13,16-18H,2-7H2,1H3. The van der Waals surface area contributed by atoms with Crippen molar-refractivity contribution in [3.8, 4) is 0 Å². The second-order valence-corrected chi connectivity index (χ2v) is 4.08. The zero-order chi connectivity index (χ0) is 13.6. The molecular weight excluding hydrogens is 228 g/mol. The van der Waals surface area contributed by atoms with Crippen LogP contribution < -0.4 is 0 Å². The van der Waals surface area contributed by atoms with Gasteiger partial charge >= 0.3 is 0 Å². The van der Waals surface area contributed by atoms with Gasteiger partial charge in [-0.1, -0.05) is 56.9 Å². The summed E-state index contributed by atoms with van der Waals surface area (Å²) in [5.41, 5.74) is 0. The van der Waals surface area contributed by atoms with Gasteiger partial charge in [-0.3, -0.25) is 0 Å². The summed E-state index contributed by atoms with van der Waals surface area (Å²) < 4.78 is 0. The summed E-state index contributed by atoms with van der Waals surface area (Å²) in [5.74, 6) is -0.902. The van der Waals surface area contributed by atoms with Gasteiger partial charge in [-0.25, -0.2) is 0 Å². The number of unbranched alkanes of at least 4 members (excludes halogenated alkanes) is 5. The molecule has 0 aromatic carbocycles. The highest BCUT2D eigenvalue weighted by molar-refractivity contribution is 5.22. The smallest absolute Gasteiger partial charge is 0.192 e. The minimum atomic E-state index is -0.542. The molecule has 0 aliphatic heterocycles. The first kappa shape index (κ1) is 16.4. The van der Waals surface area contributed by atoms with Gasteiger partial charge in [0.1, 0.15) is 6.26 Å². The van der Waals surface area contributed by atoms with Gasteiger partial charge in [-0.2, -0.15) is 0 Å². The quantitative estimate of drug-likeness (QED) is 0.312. The van der Waals surface area contributed by atoms with Crippen molar-refractivity contribution in [1.82, 2.24) is 0 Å². The van der Waals surface area contributed by atoms with E-state index in [1.165, 1.54) is 38.2 Å². The molecule has 0 bridgehead atoms. The SMILES string of the molecule is CCCCCCCC=CC=CC=C(O)C(O)=CO. The molecule has 0 spiro atoms. The molecule has 0 aromatic heterocycles. The van der Waals surface area contributed by atoms with Gasteiger partial charge in [0.25, 0.3) is 0 Å². The van der Waals surface area contributed by atoms with E-state index < -0.39 is 5.76 Å². The van der Waals surface area contributed by atoms with Crippen molar-refractivity contribution in [1.29, 1.82) is 0 Å². The van der Waals surface area contributed by atoms with Gasteiger partial charge in [0.2, 0.25) is 0 Å². The van der Waals surface area contributed by atoms with E-state index in [4.69, 9.17) is 15.3 Å². The number of aliphatic hydroxyl groups is 3. The summed E-state index contributed by atoms with van der Waals surface area (Å²) in [5, 5.41) is 26.5. The first-order valence-corrected chi connectivity index (χ1v) is 6.48. The molecule has 0 unspecified atom stereocenters. The minimum absolute atomic E-state index is 0.360. The maximum Gasteiger partial charge on any atom is 0.192 e. The Balaban J connectivity index is 3.69. The Hall–Kier alpha value is -1.64. The zero-order valence-electron chi connectivity index (χ0n) is 11.0. The molecule has 0 atom stereocenters. The molecule has 102 valence electrons. The third kappa shape index (κ3) is 9.58. The van der Waals surface area contributed by atoms with Crippen LogP contribution in [0, 0.1) is 0 Å². The summed E-state index contributed by atoms with van der Waals surface area (Å²) in [7, 11) is 0. The lowest BCUT2D eigenvalue weighted by Crippen LogP contribution is -1.85. The monoisotopic (exact) mass is 252 g/mol. The first-order valence-electron chi connectivity index (χ1n) is 6.48. The molecule has 3 N–H and O–H groups in total. The Labute approximate surface area is 109 Å². The fraction of sp³-hybridized carbons (Fsp3) is 0.467. The number of hydrogen-bond acceptors (Lipinski definition) is 3. The predicted molar refractivity (Wildman–Crippen MR) is 75.7 cm³/mol. The van der Waals surface area contributed by atoms with Crippen LogP contribution in [0.3, 0.4) is 0 Å². The maximum atomic E-state index is 9.15. The summed E-state index contributed by atoms with van der Waals surface area (Å²) in [6.45, 7) is 2.21. The molecular formula is C15H24O3. The van der Waals surface area contributed by atoms with E-state index in [2.05, 4.69) is 13.0 Å². The largest absolute Gasteiger partial charge is 0.512 e. The molecule has 0 aliphatic rings. The molecule has 3 nitrogen and oxygen atoms in total. The van der Waals surface area contributed by atoms with E-state index in [9.17, 15) is 0 Å². The van der Waals surface area contributed by atoms with Gasteiger partial charge in [-0.15, -0.1) is 0 Å². The first-order chi connectivity index (χ1) is 8.72. The Morgan fingerprint density at radius 2 is 1.61 bits per heavy atom. The fourth-order valence-electron chi connectivity index (χ4n) is 1.40. The van der Waals surface area contributed by atoms with E-state index in [-0.39, 0.29) is 5.76 Å². The van der Waals surface area contributed by atoms with Crippen molar-refractivity contribution in [2.24, 2.45) is 0 Å². The molecule has 0 aliphatic carbocycles. The van der Waals surface area contributed by atoms with Gasteiger partial charge in [-0.05, 0) is 18.9 Å². The number of allylic oxidation sites excluding steroid dienone is 5. The van der Waals surface area contributed by atoms with Crippen LogP contribution in [0.2, 0.25) is 0 Å². The van der Waals surface area contributed by atoms with Crippen molar-refractivity contribution in [3.05, 3.63) is 48.2 Å². The topological polar surface area (TPSA) is 60.7 Å². The second kappa shape index (κ2) is 11.8. The molecule has 0 amide bonds. The molecule has 18 heavy (non-hydrogen) atoms. The van der Waals surface area contributed by atoms with Crippen LogP contribution in [-0.4, -0.2) is 15.3 Å². The molecule has 0 rings (SSSR count). The van der Waals surface area contributed by atoms with Gasteiger partial charge in [0.15, 0.2) is 11.5 Å². The van der Waals surface area contributed by atoms with Crippen LogP contribution in [0.5, 0.6) is 0 Å². The van der Waals surface area contributed by atoms with Crippen LogP contribution in [0.4, 0.5) is 0 Å². The number of aliphatic hydroxyl groups excluding tert-OH is 3. The Morgan fingerprint density at radius 3 is 2.28 bits per heavy atom. The van der Waals surface area contributed by atoms with Crippen LogP contribution in [-0.2, 0) is 0 Å². The van der Waals surface area contributed by atoms with Gasteiger partial charge < -0.3 is 15.3 Å². The average Bonchev–Trinajstić information content (AvgIpc) is 2.39. The molecule has 0 aromatic rings. The van der Waals surface area contributed by atoms with Crippen LogP contribution in [0.1, 0.15) is 45.4 Å². The molecule has 0 fully saturated rings. The normalized spacial score (nSPS) is 13.8. The molecule has 0 saturated heterocycles. The highest BCUT2D eigenvalue weighted by Gasteiger charge is 1.95. The van der Waals surface area contributed by atoms with Crippen molar-refractivity contribution in [3.63, 3.8) is 0 Å². The van der Waals surface area contributed by atoms with Crippen LogP contribution in [0.25, 0.3) is 0 Å². The van der Waals surface area contributed by atoms with Crippen molar-refractivity contribution in [2.75, 3.05) is 0 Å². The summed E-state index contributed by atoms with van der Waals surface area (Å²) in [4.78, 5) is 0. The Bertz CT molecular complexity index is 312. The van der Waals surface area contributed by atoms with E-state index in [1.54, 1.807) is 12.2 Å². The Kier molecular flexibility index (Phi) is 10.8. The van der Waals surface area contributed by atoms with Crippen LogP contribution in [0.15, 0.2) is 48.2 Å². The number of rotatable bonds is 9. The van der Waals surface area contributed by atoms with E-state index >= 15 is 0 Å². The lowest BCUT2D eigenvalue weighted by Gasteiger charge is -1.95. The Morgan fingerprint density at radius 1 is 0.889 bits per heavy atom. The zero-order valence-corrected chi connectivity index (χ0v) is 11.0. The van der Waals surface area contributed by atoms with Gasteiger partial charge in [0, 0.05) is 0 Å². The van der Waals surface area contributed by atoms with E-state index in [0.717, 1.165) is 6.42 Å². The maximum absolute atomic E-state index is 9.15. The molecule has 3 heteroatoms. The van der Waals surface area contributed by atoms with Gasteiger partial charge in [0.05, 0.1) is 0 Å². The number of hydrogen-bond donors (Lipinski definition) is 3. The molecule has 0 saturated carbocycles. The summed E-state index contributed by atoms with van der Waals surface area (Å²) in [6.07, 6.45) is 16.6. The summed E-state index contributed by atoms with van der Waals surface area (Å²) >= 11 is 0. The van der Waals surface area contributed by atoms with E-state index in [1.807, 2.05) is 6.08 Å². The third-order valence-corrected chi connectivity index (χ3v) is 2.47. The lowest BCUT2D eigenvalue weighted by atomic mass is 10.1. The predicted octanol–water partition coefficient (Wildman–Crippen LogP) is 4.86. The van der Waals surface area contributed by atoms with E-state index in [0.29, 0.717) is 6.26 Å². The van der Waals surface area contributed by atoms with Crippen molar-refractivity contribution >= 4 is 0 Å². The molecule has 0 radical (unpaired) electrons. The van der Waals surface area contributed by atoms with Crippen LogP contribution >= 0.6 is 0 Å². The average molecular weight is 252 g/mol. The third-order valence-electron chi connectivity index (χ3n) is 2.47. The van der Waals surface area contributed by atoms with Crippen molar-refractivity contribution in [2.45, 2.75) is 45.4 Å². The second-order valence-electron chi connectivity index (χ2n) is 4.08. The summed E-state index contributed by atoms with van der Waals surface area (Å²) in [6, 6.07) is 0. The lowest BCUT2D eigenvalue weighted by molar-refractivity contribution is 0.304. The van der Waals surface area contributed by atoms with Crippen molar-refractivity contribution < 1.29 is 15.3 Å². The minimum Gasteiger partial charge on any atom is -0.512 e. The molecule has 0 heterocycles. The fourth-order valence-corrected chi connectivity index (χ4v) is 1.40.